The van der Waals surface area contributed by atoms with Crippen molar-refractivity contribution in [3.05, 3.63) is 46.7 Å². The number of hydrogen-bond acceptors (Lipinski definition) is 4. The van der Waals surface area contributed by atoms with Gasteiger partial charge in [-0.05, 0) is 47.0 Å². The van der Waals surface area contributed by atoms with Gasteiger partial charge in [0.25, 0.3) is 0 Å². The van der Waals surface area contributed by atoms with E-state index in [0.717, 1.165) is 16.7 Å². The van der Waals surface area contributed by atoms with E-state index < -0.39 is 11.9 Å². The molecule has 1 saturated heterocycles. The number of carbonyl (C=O) groups is 1. The molecule has 0 saturated carbocycles. The van der Waals surface area contributed by atoms with Gasteiger partial charge in [0.05, 0.1) is 5.69 Å². The van der Waals surface area contributed by atoms with Gasteiger partial charge in [-0.1, -0.05) is 12.1 Å². The van der Waals surface area contributed by atoms with Gasteiger partial charge in [0.2, 0.25) is 11.9 Å². The molecule has 2 heterocycles. The van der Waals surface area contributed by atoms with Crippen LogP contribution >= 0.6 is 15.9 Å². The average Bonchev–Trinajstić information content (AvgIpc) is 2.63. The average molecular weight is 429 g/mol. The number of halogens is 4. The number of carbonyl (C=O) groups excluding carboxylic acids is 1. The molecule has 0 spiro atoms. The molecule has 1 aliphatic heterocycles. The number of benzene rings is 1. The third kappa shape index (κ3) is 4.32. The smallest absolute Gasteiger partial charge is 0.341 e. The van der Waals surface area contributed by atoms with Crippen LogP contribution in [0.25, 0.3) is 0 Å². The number of para-hydroxylation sites is 1. The molecule has 1 fully saturated rings. The molecule has 0 atom stereocenters. The molecule has 0 aliphatic carbocycles. The predicted molar refractivity (Wildman–Crippen MR) is 94.7 cm³/mol. The largest absolute Gasteiger partial charge is 0.433 e. The van der Waals surface area contributed by atoms with Crippen LogP contribution in [0.15, 0.2) is 41.0 Å². The van der Waals surface area contributed by atoms with Gasteiger partial charge in [0.1, 0.15) is 5.69 Å². The SMILES string of the molecule is O=C(Nc1ccccc1Br)C1CCN(c2nccc(C(F)(F)F)n2)CC1. The van der Waals surface area contributed by atoms with Gasteiger partial charge >= 0.3 is 6.18 Å². The van der Waals surface area contributed by atoms with Crippen LogP contribution in [0.3, 0.4) is 0 Å². The first kappa shape index (κ1) is 18.6. The van der Waals surface area contributed by atoms with Crippen LogP contribution < -0.4 is 10.2 Å². The zero-order chi connectivity index (χ0) is 18.7. The Balaban J connectivity index is 1.61. The minimum absolute atomic E-state index is 0.0458. The standard InChI is InChI=1S/C17H16BrF3N4O/c18-12-3-1-2-4-13(12)23-15(26)11-6-9-25(10-7-11)16-22-8-5-14(24-16)17(19,20)21/h1-5,8,11H,6-7,9-10H2,(H,23,26). The Morgan fingerprint density at radius 3 is 2.54 bits per heavy atom. The molecule has 1 aliphatic rings. The molecular formula is C17H16BrF3N4O. The summed E-state index contributed by atoms with van der Waals surface area (Å²) in [6.45, 7) is 0.852. The summed E-state index contributed by atoms with van der Waals surface area (Å²) in [6.07, 6.45) is -2.35. The zero-order valence-electron chi connectivity index (χ0n) is 13.6. The number of nitrogens with zero attached hydrogens (tertiary/aromatic N) is 3. The summed E-state index contributed by atoms with van der Waals surface area (Å²) in [7, 11) is 0. The van der Waals surface area contributed by atoms with Crippen LogP contribution in [-0.4, -0.2) is 29.0 Å². The van der Waals surface area contributed by atoms with E-state index in [4.69, 9.17) is 0 Å². The molecule has 138 valence electrons. The van der Waals surface area contributed by atoms with E-state index in [9.17, 15) is 18.0 Å². The molecule has 1 aromatic carbocycles. The van der Waals surface area contributed by atoms with Crippen LogP contribution in [0.1, 0.15) is 18.5 Å². The number of rotatable bonds is 3. The zero-order valence-corrected chi connectivity index (χ0v) is 15.2. The maximum atomic E-state index is 12.8. The van der Waals surface area contributed by atoms with E-state index in [1.165, 1.54) is 0 Å². The Morgan fingerprint density at radius 1 is 1.19 bits per heavy atom. The predicted octanol–water partition coefficient (Wildman–Crippen LogP) is 4.11. The number of piperidine rings is 1. The maximum Gasteiger partial charge on any atom is 0.433 e. The van der Waals surface area contributed by atoms with E-state index in [1.807, 2.05) is 18.2 Å². The Bertz CT molecular complexity index is 792. The Hall–Kier alpha value is -2.16. The van der Waals surface area contributed by atoms with Crippen LogP contribution in [0.4, 0.5) is 24.8 Å². The lowest BCUT2D eigenvalue weighted by Crippen LogP contribution is -2.39. The van der Waals surface area contributed by atoms with Gasteiger partial charge in [0, 0.05) is 29.7 Å². The Kier molecular flexibility index (Phi) is 5.45. The summed E-state index contributed by atoms with van der Waals surface area (Å²) in [4.78, 5) is 21.6. The van der Waals surface area contributed by atoms with E-state index in [-0.39, 0.29) is 17.8 Å². The molecule has 9 heteroatoms. The summed E-state index contributed by atoms with van der Waals surface area (Å²) in [6, 6.07) is 8.17. The highest BCUT2D eigenvalue weighted by atomic mass is 79.9. The first-order valence-corrected chi connectivity index (χ1v) is 8.84. The van der Waals surface area contributed by atoms with Crippen molar-refractivity contribution in [3.8, 4) is 0 Å². The first-order valence-electron chi connectivity index (χ1n) is 8.05. The van der Waals surface area contributed by atoms with Gasteiger partial charge in [0.15, 0.2) is 0 Å². The van der Waals surface area contributed by atoms with E-state index in [1.54, 1.807) is 11.0 Å². The fourth-order valence-electron chi connectivity index (χ4n) is 2.80. The maximum absolute atomic E-state index is 12.8. The van der Waals surface area contributed by atoms with Crippen LogP contribution in [-0.2, 0) is 11.0 Å². The quantitative estimate of drug-likeness (QED) is 0.798. The van der Waals surface area contributed by atoms with Crippen molar-refractivity contribution in [3.63, 3.8) is 0 Å². The van der Waals surface area contributed by atoms with Crippen molar-refractivity contribution in [1.29, 1.82) is 0 Å². The van der Waals surface area contributed by atoms with E-state index in [2.05, 4.69) is 31.2 Å². The first-order chi connectivity index (χ1) is 12.3. The highest BCUT2D eigenvalue weighted by molar-refractivity contribution is 9.10. The molecule has 0 unspecified atom stereocenters. The highest BCUT2D eigenvalue weighted by Crippen LogP contribution is 2.29. The summed E-state index contributed by atoms with van der Waals surface area (Å²) < 4.78 is 39.1. The number of alkyl halides is 3. The van der Waals surface area contributed by atoms with E-state index in [0.29, 0.717) is 31.6 Å². The molecule has 1 aromatic heterocycles. The van der Waals surface area contributed by atoms with Crippen molar-refractivity contribution in [1.82, 2.24) is 9.97 Å². The summed E-state index contributed by atoms with van der Waals surface area (Å²) in [5, 5.41) is 2.88. The molecule has 1 N–H and O–H groups in total. The molecule has 1 amide bonds. The third-order valence-electron chi connectivity index (χ3n) is 4.21. The number of nitrogens with one attached hydrogen (secondary N) is 1. The number of hydrogen-bond donors (Lipinski definition) is 1. The molecule has 5 nitrogen and oxygen atoms in total. The molecule has 2 aromatic rings. The lowest BCUT2D eigenvalue weighted by atomic mass is 9.96. The number of anilines is 2. The Labute approximate surface area is 156 Å². The molecule has 26 heavy (non-hydrogen) atoms. The van der Waals surface area contributed by atoms with Crippen molar-refractivity contribution >= 4 is 33.5 Å². The lowest BCUT2D eigenvalue weighted by Gasteiger charge is -2.31. The molecule has 0 radical (unpaired) electrons. The summed E-state index contributed by atoms with van der Waals surface area (Å²) in [5.74, 6) is -0.254. The van der Waals surface area contributed by atoms with E-state index >= 15 is 0 Å². The monoisotopic (exact) mass is 428 g/mol. The summed E-state index contributed by atoms with van der Waals surface area (Å²) in [5.41, 5.74) is -0.266. The topological polar surface area (TPSA) is 58.1 Å². The fourth-order valence-corrected chi connectivity index (χ4v) is 3.18. The van der Waals surface area contributed by atoms with Crippen LogP contribution in [0, 0.1) is 5.92 Å². The highest BCUT2D eigenvalue weighted by Gasteiger charge is 2.34. The fraction of sp³-hybridized carbons (Fsp3) is 0.353. The second-order valence-corrected chi connectivity index (χ2v) is 6.82. The van der Waals surface area contributed by atoms with Gasteiger partial charge in [-0.3, -0.25) is 4.79 Å². The second kappa shape index (κ2) is 7.61. The van der Waals surface area contributed by atoms with Gasteiger partial charge < -0.3 is 10.2 Å². The minimum Gasteiger partial charge on any atom is -0.341 e. The van der Waals surface area contributed by atoms with Crippen molar-refractivity contribution in [2.75, 3.05) is 23.3 Å². The van der Waals surface area contributed by atoms with Crippen molar-refractivity contribution in [2.45, 2.75) is 19.0 Å². The van der Waals surface area contributed by atoms with Crippen LogP contribution in [0.5, 0.6) is 0 Å². The van der Waals surface area contributed by atoms with Crippen molar-refractivity contribution < 1.29 is 18.0 Å². The van der Waals surface area contributed by atoms with Gasteiger partial charge in [-0.2, -0.15) is 13.2 Å². The third-order valence-corrected chi connectivity index (χ3v) is 4.91. The lowest BCUT2D eigenvalue weighted by molar-refractivity contribution is -0.141. The normalized spacial score (nSPS) is 15.8. The summed E-state index contributed by atoms with van der Waals surface area (Å²) >= 11 is 3.38. The molecule has 3 rings (SSSR count). The minimum atomic E-state index is -4.50. The second-order valence-electron chi connectivity index (χ2n) is 5.97. The Morgan fingerprint density at radius 2 is 1.88 bits per heavy atom. The number of aromatic nitrogens is 2. The number of amides is 1. The molecular weight excluding hydrogens is 413 g/mol. The van der Waals surface area contributed by atoms with Gasteiger partial charge in [-0.25, -0.2) is 9.97 Å². The van der Waals surface area contributed by atoms with Gasteiger partial charge in [-0.15, -0.1) is 0 Å². The van der Waals surface area contributed by atoms with Crippen molar-refractivity contribution in [2.24, 2.45) is 5.92 Å². The van der Waals surface area contributed by atoms with Crippen LogP contribution in [0.2, 0.25) is 0 Å². The molecule has 0 bridgehead atoms.